The molecule has 23 heavy (non-hydrogen) atoms. The van der Waals surface area contributed by atoms with Crippen molar-refractivity contribution in [2.75, 3.05) is 4.72 Å². The maximum absolute atomic E-state index is 12.9. The normalized spacial score (nSPS) is 12.2. The summed E-state index contributed by atoms with van der Waals surface area (Å²) in [6.07, 6.45) is 0. The number of halogens is 5. The third-order valence-electron chi connectivity index (χ3n) is 2.53. The van der Waals surface area contributed by atoms with E-state index < -0.39 is 21.3 Å². The van der Waals surface area contributed by atoms with Gasteiger partial charge < -0.3 is 0 Å². The van der Waals surface area contributed by atoms with E-state index in [-0.39, 0.29) is 15.6 Å². The largest absolute Gasteiger partial charge is 0.516 e. The molecule has 2 rings (SSSR count). The number of alkyl halides is 3. The van der Waals surface area contributed by atoms with E-state index >= 15 is 0 Å². The van der Waals surface area contributed by atoms with Crippen LogP contribution in [0.4, 0.5) is 23.2 Å². The van der Waals surface area contributed by atoms with Crippen LogP contribution in [0.3, 0.4) is 0 Å². The summed E-state index contributed by atoms with van der Waals surface area (Å²) in [6, 6.07) is 8.84. The highest BCUT2D eigenvalue weighted by atomic mass is 35.5. The fourth-order valence-corrected chi connectivity index (χ4v) is 3.32. The van der Waals surface area contributed by atoms with Crippen LogP contribution in [0.1, 0.15) is 0 Å². The summed E-state index contributed by atoms with van der Waals surface area (Å²) in [6.45, 7) is 0. The lowest BCUT2D eigenvalue weighted by Crippen LogP contribution is -2.30. The average molecular weight is 386 g/mol. The Morgan fingerprint density at radius 2 is 1.65 bits per heavy atom. The van der Waals surface area contributed by atoms with E-state index in [0.29, 0.717) is 4.90 Å². The van der Waals surface area contributed by atoms with Crippen molar-refractivity contribution in [3.8, 4) is 0 Å². The lowest BCUT2D eigenvalue weighted by atomic mass is 10.3. The molecular weight excluding hydrogens is 378 g/mol. The standard InChI is InChI=1S/C13H8ClF4NO2S2/c14-8-1-6-11(19-23(20,21)13(16,17)18)12(7-8)22-10-4-2-9(15)3-5-10/h1-7,19H. The number of sulfonamides is 1. The number of anilines is 1. The van der Waals surface area contributed by atoms with Crippen LogP contribution in [-0.2, 0) is 10.0 Å². The summed E-state index contributed by atoms with van der Waals surface area (Å²) in [4.78, 5) is 0.651. The Labute approximate surface area is 138 Å². The fourth-order valence-electron chi connectivity index (χ4n) is 1.50. The quantitative estimate of drug-likeness (QED) is 0.762. The molecule has 0 aromatic heterocycles. The van der Waals surface area contributed by atoms with Crippen molar-refractivity contribution < 1.29 is 26.0 Å². The Morgan fingerprint density at radius 3 is 2.22 bits per heavy atom. The smallest absolute Gasteiger partial charge is 0.275 e. The zero-order valence-corrected chi connectivity index (χ0v) is 13.5. The van der Waals surface area contributed by atoms with Gasteiger partial charge in [0, 0.05) is 14.8 Å². The Morgan fingerprint density at radius 1 is 1.04 bits per heavy atom. The number of benzene rings is 2. The molecule has 124 valence electrons. The highest BCUT2D eigenvalue weighted by Gasteiger charge is 2.46. The minimum atomic E-state index is -5.55. The monoisotopic (exact) mass is 385 g/mol. The van der Waals surface area contributed by atoms with Gasteiger partial charge in [0.05, 0.1) is 5.69 Å². The van der Waals surface area contributed by atoms with E-state index in [1.54, 1.807) is 0 Å². The fraction of sp³-hybridized carbons (Fsp3) is 0.0769. The van der Waals surface area contributed by atoms with Crippen LogP contribution in [0.2, 0.25) is 5.02 Å². The second-order valence-corrected chi connectivity index (χ2v) is 7.47. The van der Waals surface area contributed by atoms with Crippen LogP contribution in [0.15, 0.2) is 52.3 Å². The zero-order chi connectivity index (χ0) is 17.3. The second-order valence-electron chi connectivity index (χ2n) is 4.25. The molecule has 0 fully saturated rings. The van der Waals surface area contributed by atoms with Crippen molar-refractivity contribution in [1.29, 1.82) is 0 Å². The maximum Gasteiger partial charge on any atom is 0.516 e. The Kier molecular flexibility index (Phi) is 5.12. The van der Waals surface area contributed by atoms with Gasteiger partial charge in [-0.3, -0.25) is 4.72 Å². The SMILES string of the molecule is O=S(=O)(Nc1ccc(Cl)cc1Sc1ccc(F)cc1)C(F)(F)F. The Bertz CT molecular complexity index is 808. The first-order valence-corrected chi connectivity index (χ1v) is 8.58. The molecule has 2 aromatic carbocycles. The van der Waals surface area contributed by atoms with E-state index in [9.17, 15) is 26.0 Å². The van der Waals surface area contributed by atoms with Crippen molar-refractivity contribution in [3.05, 3.63) is 53.3 Å². The molecular formula is C13H8ClF4NO2S2. The molecule has 2 aromatic rings. The third kappa shape index (κ3) is 4.52. The molecule has 0 heterocycles. The molecule has 0 radical (unpaired) electrons. The number of nitrogens with one attached hydrogen (secondary N) is 1. The molecule has 0 atom stereocenters. The van der Waals surface area contributed by atoms with Crippen molar-refractivity contribution in [1.82, 2.24) is 0 Å². The molecule has 0 unspecified atom stereocenters. The molecule has 0 spiro atoms. The van der Waals surface area contributed by atoms with Gasteiger partial charge in [0.1, 0.15) is 5.82 Å². The predicted molar refractivity (Wildman–Crippen MR) is 80.6 cm³/mol. The topological polar surface area (TPSA) is 46.2 Å². The second kappa shape index (κ2) is 6.58. The van der Waals surface area contributed by atoms with Crippen LogP contribution in [0, 0.1) is 5.82 Å². The van der Waals surface area contributed by atoms with Gasteiger partial charge in [-0.2, -0.15) is 21.6 Å². The first-order valence-electron chi connectivity index (χ1n) is 5.90. The number of hydrogen-bond acceptors (Lipinski definition) is 3. The molecule has 0 saturated carbocycles. The Hall–Kier alpha value is -1.45. The molecule has 3 nitrogen and oxygen atoms in total. The minimum Gasteiger partial charge on any atom is -0.275 e. The van der Waals surface area contributed by atoms with Gasteiger partial charge in [0.15, 0.2) is 0 Å². The van der Waals surface area contributed by atoms with E-state index in [2.05, 4.69) is 0 Å². The summed E-state index contributed by atoms with van der Waals surface area (Å²) in [7, 11) is -5.55. The molecule has 0 aliphatic rings. The van der Waals surface area contributed by atoms with Crippen LogP contribution in [0.5, 0.6) is 0 Å². The van der Waals surface area contributed by atoms with Gasteiger partial charge in [-0.1, -0.05) is 23.4 Å². The highest BCUT2D eigenvalue weighted by molar-refractivity contribution is 7.99. The zero-order valence-electron chi connectivity index (χ0n) is 11.1. The molecule has 0 aliphatic heterocycles. The molecule has 0 saturated heterocycles. The maximum atomic E-state index is 12.9. The first kappa shape index (κ1) is 17.9. The van der Waals surface area contributed by atoms with Gasteiger partial charge >= 0.3 is 15.5 Å². The van der Waals surface area contributed by atoms with Crippen LogP contribution in [0.25, 0.3) is 0 Å². The lowest BCUT2D eigenvalue weighted by Gasteiger charge is -2.14. The third-order valence-corrected chi connectivity index (χ3v) is 4.93. The first-order chi connectivity index (χ1) is 10.6. The summed E-state index contributed by atoms with van der Waals surface area (Å²) < 4.78 is 74.2. The lowest BCUT2D eigenvalue weighted by molar-refractivity contribution is -0.0429. The Balaban J connectivity index is 2.36. The van der Waals surface area contributed by atoms with Crippen LogP contribution in [-0.4, -0.2) is 13.9 Å². The van der Waals surface area contributed by atoms with Crippen molar-refractivity contribution >= 4 is 39.1 Å². The van der Waals surface area contributed by atoms with Crippen molar-refractivity contribution in [2.45, 2.75) is 15.3 Å². The highest BCUT2D eigenvalue weighted by Crippen LogP contribution is 2.37. The summed E-state index contributed by atoms with van der Waals surface area (Å²) in [5.41, 5.74) is -5.72. The summed E-state index contributed by atoms with van der Waals surface area (Å²) in [5.74, 6) is -0.474. The number of hydrogen-bond donors (Lipinski definition) is 1. The van der Waals surface area contributed by atoms with Crippen molar-refractivity contribution in [3.63, 3.8) is 0 Å². The van der Waals surface area contributed by atoms with Crippen molar-refractivity contribution in [2.24, 2.45) is 0 Å². The number of rotatable bonds is 4. The minimum absolute atomic E-state index is 0.150. The van der Waals surface area contributed by atoms with Gasteiger partial charge in [0.2, 0.25) is 0 Å². The average Bonchev–Trinajstić information content (AvgIpc) is 2.43. The van der Waals surface area contributed by atoms with E-state index in [1.165, 1.54) is 41.1 Å². The van der Waals surface area contributed by atoms with Gasteiger partial charge in [0.25, 0.3) is 0 Å². The molecule has 1 N–H and O–H groups in total. The molecule has 0 amide bonds. The van der Waals surface area contributed by atoms with E-state index in [4.69, 9.17) is 11.6 Å². The summed E-state index contributed by atoms with van der Waals surface area (Å²) in [5, 5.41) is 0.213. The van der Waals surface area contributed by atoms with E-state index in [1.807, 2.05) is 0 Å². The predicted octanol–water partition coefficient (Wildman–Crippen LogP) is 4.89. The van der Waals surface area contributed by atoms with Gasteiger partial charge in [-0.25, -0.2) is 4.39 Å². The van der Waals surface area contributed by atoms with Crippen LogP contribution < -0.4 is 4.72 Å². The van der Waals surface area contributed by atoms with Gasteiger partial charge in [-0.05, 0) is 42.5 Å². The van der Waals surface area contributed by atoms with Gasteiger partial charge in [-0.15, -0.1) is 0 Å². The molecule has 0 bridgehead atoms. The molecule has 10 heteroatoms. The summed E-state index contributed by atoms with van der Waals surface area (Å²) >= 11 is 6.74. The van der Waals surface area contributed by atoms with Crippen LogP contribution >= 0.6 is 23.4 Å². The van der Waals surface area contributed by atoms with E-state index in [0.717, 1.165) is 17.8 Å². The molecule has 0 aliphatic carbocycles.